The van der Waals surface area contributed by atoms with Crippen molar-refractivity contribution in [3.05, 3.63) is 72.6 Å². The molecule has 0 atom stereocenters. The minimum Gasteiger partial charge on any atom is -0.306 e. The molecule has 0 N–H and O–H groups in total. The van der Waals surface area contributed by atoms with Gasteiger partial charge >= 0.3 is 0 Å². The average Bonchev–Trinajstić information content (AvgIpc) is 3.05. The number of fused-ring (bicyclic) bond motifs is 3. The van der Waals surface area contributed by atoms with E-state index in [0.29, 0.717) is 0 Å². The third kappa shape index (κ3) is 1.87. The number of para-hydroxylation sites is 1. The molecule has 0 bridgehead atoms. The Kier molecular flexibility index (Phi) is 3.22. The molecule has 1 heterocycles. The summed E-state index contributed by atoms with van der Waals surface area (Å²) in [6.07, 6.45) is 0. The molecule has 23 heavy (non-hydrogen) atoms. The predicted octanol–water partition coefficient (Wildman–Crippen LogP) is 4.78. The van der Waals surface area contributed by atoms with E-state index >= 15 is 0 Å². The number of aryl methyl sites for hydroxylation is 1. The summed E-state index contributed by atoms with van der Waals surface area (Å²) in [5.41, 5.74) is 5.77. The quantitative estimate of drug-likeness (QED) is 0.321. The Balaban J connectivity index is 0.00000135. The SMILES string of the molecule is Cc1nc2c(n1-c1ccccc1)-c1cccc3cc[c-]c-2c13.[Ir]. The molecule has 3 aromatic carbocycles. The van der Waals surface area contributed by atoms with Crippen LogP contribution in [0.15, 0.2) is 60.7 Å². The van der Waals surface area contributed by atoms with Gasteiger partial charge in [-0.1, -0.05) is 41.8 Å². The first-order valence-electron chi connectivity index (χ1n) is 7.43. The van der Waals surface area contributed by atoms with E-state index in [1.807, 2.05) is 12.1 Å². The summed E-state index contributed by atoms with van der Waals surface area (Å²) in [5, 5.41) is 2.52. The summed E-state index contributed by atoms with van der Waals surface area (Å²) in [5.74, 6) is 1.01. The number of hydrogen-bond donors (Lipinski definition) is 0. The number of hydrogen-bond acceptors (Lipinski definition) is 1. The van der Waals surface area contributed by atoms with Crippen LogP contribution in [0.3, 0.4) is 0 Å². The second-order valence-corrected chi connectivity index (χ2v) is 5.65. The minimum atomic E-state index is 0. The van der Waals surface area contributed by atoms with Crippen molar-refractivity contribution in [3.63, 3.8) is 0 Å². The molecule has 1 aromatic heterocycles. The van der Waals surface area contributed by atoms with Crippen LogP contribution in [0.2, 0.25) is 0 Å². The van der Waals surface area contributed by atoms with E-state index in [1.165, 1.54) is 22.0 Å². The maximum atomic E-state index is 4.84. The zero-order valence-electron chi connectivity index (χ0n) is 12.5. The average molecular weight is 474 g/mol. The molecule has 0 saturated carbocycles. The molecule has 1 aliphatic carbocycles. The van der Waals surface area contributed by atoms with Crippen molar-refractivity contribution in [2.45, 2.75) is 6.92 Å². The Morgan fingerprint density at radius 1 is 0.957 bits per heavy atom. The molecule has 0 saturated heterocycles. The fraction of sp³-hybridized carbons (Fsp3) is 0.0500. The summed E-state index contributed by atoms with van der Waals surface area (Å²) >= 11 is 0. The van der Waals surface area contributed by atoms with Crippen molar-refractivity contribution < 1.29 is 20.1 Å². The van der Waals surface area contributed by atoms with E-state index < -0.39 is 0 Å². The maximum absolute atomic E-state index is 4.84. The van der Waals surface area contributed by atoms with E-state index in [4.69, 9.17) is 4.98 Å². The van der Waals surface area contributed by atoms with Crippen LogP contribution in [0.25, 0.3) is 39.0 Å². The van der Waals surface area contributed by atoms with Gasteiger partial charge in [0.1, 0.15) is 0 Å². The molecule has 3 heteroatoms. The normalized spacial score (nSPS) is 11.3. The topological polar surface area (TPSA) is 17.8 Å². The van der Waals surface area contributed by atoms with Gasteiger partial charge in [0.05, 0.1) is 5.82 Å². The van der Waals surface area contributed by atoms with E-state index in [2.05, 4.69) is 66.1 Å². The van der Waals surface area contributed by atoms with Crippen molar-refractivity contribution in [1.82, 2.24) is 9.55 Å². The summed E-state index contributed by atoms with van der Waals surface area (Å²) in [4.78, 5) is 4.84. The van der Waals surface area contributed by atoms with Crippen LogP contribution in [0.4, 0.5) is 0 Å². The third-order valence-corrected chi connectivity index (χ3v) is 4.39. The molecule has 0 fully saturated rings. The standard InChI is InChI=1S/C20H13N2.Ir/c1-13-21-19-16-11-5-7-14-8-6-12-17(18(14)16)20(19)22(13)15-9-3-2-4-10-15;/h2-10,12H,1H3;/q-1;. The zero-order chi connectivity index (χ0) is 14.7. The number of nitrogens with zero attached hydrogens (tertiary/aromatic N) is 2. The molecule has 1 radical (unpaired) electrons. The molecule has 0 aliphatic heterocycles. The monoisotopic (exact) mass is 474 g/mol. The number of benzene rings is 3. The van der Waals surface area contributed by atoms with Gasteiger partial charge in [0.25, 0.3) is 0 Å². The number of rotatable bonds is 1. The second kappa shape index (κ2) is 5.16. The van der Waals surface area contributed by atoms with Gasteiger partial charge in [-0.15, -0.1) is 29.1 Å². The second-order valence-electron chi connectivity index (χ2n) is 5.65. The van der Waals surface area contributed by atoms with Gasteiger partial charge in [-0.3, -0.25) is 4.98 Å². The van der Waals surface area contributed by atoms with Crippen LogP contribution in [0, 0.1) is 13.0 Å². The van der Waals surface area contributed by atoms with Crippen LogP contribution in [-0.4, -0.2) is 9.55 Å². The Labute approximate surface area is 148 Å². The number of imidazole rings is 1. The van der Waals surface area contributed by atoms with E-state index in [9.17, 15) is 0 Å². The van der Waals surface area contributed by atoms with Crippen LogP contribution >= 0.6 is 0 Å². The Morgan fingerprint density at radius 2 is 1.78 bits per heavy atom. The fourth-order valence-electron chi connectivity index (χ4n) is 3.51. The summed E-state index contributed by atoms with van der Waals surface area (Å²) in [6.45, 7) is 2.06. The van der Waals surface area contributed by atoms with Gasteiger partial charge in [-0.2, -0.15) is 0 Å². The smallest absolute Gasteiger partial charge is 0.0997 e. The molecular weight excluding hydrogens is 460 g/mol. The Bertz CT molecular complexity index is 1030. The first kappa shape index (κ1) is 14.4. The van der Waals surface area contributed by atoms with Gasteiger partial charge in [0, 0.05) is 37.2 Å². The minimum absolute atomic E-state index is 0. The number of aromatic nitrogens is 2. The van der Waals surface area contributed by atoms with Crippen LogP contribution in [-0.2, 0) is 20.1 Å². The van der Waals surface area contributed by atoms with Crippen molar-refractivity contribution in [2.24, 2.45) is 0 Å². The van der Waals surface area contributed by atoms with Gasteiger partial charge < -0.3 is 4.57 Å². The summed E-state index contributed by atoms with van der Waals surface area (Å²) in [6, 6.07) is 24.4. The van der Waals surface area contributed by atoms with E-state index in [-0.39, 0.29) is 20.1 Å². The summed E-state index contributed by atoms with van der Waals surface area (Å²) in [7, 11) is 0. The van der Waals surface area contributed by atoms with Gasteiger partial charge in [-0.25, -0.2) is 0 Å². The molecular formula is C20H13IrN2-. The van der Waals surface area contributed by atoms with Crippen LogP contribution in [0.5, 0.6) is 0 Å². The molecule has 5 rings (SSSR count). The Morgan fingerprint density at radius 3 is 2.61 bits per heavy atom. The zero-order valence-corrected chi connectivity index (χ0v) is 14.9. The maximum Gasteiger partial charge on any atom is 0.0997 e. The van der Waals surface area contributed by atoms with Crippen LogP contribution < -0.4 is 0 Å². The van der Waals surface area contributed by atoms with Crippen molar-refractivity contribution in [2.75, 3.05) is 0 Å². The van der Waals surface area contributed by atoms with Gasteiger partial charge in [-0.05, 0) is 24.6 Å². The van der Waals surface area contributed by atoms with Crippen LogP contribution in [0.1, 0.15) is 5.82 Å². The first-order valence-corrected chi connectivity index (χ1v) is 7.43. The molecule has 0 amide bonds. The van der Waals surface area contributed by atoms with E-state index in [1.54, 1.807) is 0 Å². The molecule has 0 unspecified atom stereocenters. The molecule has 4 aromatic rings. The van der Waals surface area contributed by atoms with Gasteiger partial charge in [0.15, 0.2) is 0 Å². The third-order valence-electron chi connectivity index (χ3n) is 4.39. The molecule has 0 spiro atoms. The summed E-state index contributed by atoms with van der Waals surface area (Å²) < 4.78 is 2.25. The van der Waals surface area contributed by atoms with Crippen molar-refractivity contribution in [3.8, 4) is 28.2 Å². The van der Waals surface area contributed by atoms with Gasteiger partial charge in [0.2, 0.25) is 0 Å². The molecule has 113 valence electrons. The molecule has 1 aliphatic rings. The van der Waals surface area contributed by atoms with Crippen molar-refractivity contribution >= 4 is 10.8 Å². The van der Waals surface area contributed by atoms with E-state index in [0.717, 1.165) is 22.8 Å². The fourth-order valence-corrected chi connectivity index (χ4v) is 3.51. The molecule has 2 nitrogen and oxygen atoms in total. The van der Waals surface area contributed by atoms with Crippen molar-refractivity contribution in [1.29, 1.82) is 0 Å². The Hall–Kier alpha value is -2.22. The largest absolute Gasteiger partial charge is 0.306 e. The first-order chi connectivity index (χ1) is 10.8. The predicted molar refractivity (Wildman–Crippen MR) is 89.1 cm³/mol.